The van der Waals surface area contributed by atoms with Gasteiger partial charge < -0.3 is 15.8 Å². The summed E-state index contributed by atoms with van der Waals surface area (Å²) in [5.41, 5.74) is 10.7. The Kier molecular flexibility index (Phi) is 8.56. The largest absolute Gasteiger partial charge is 0.469 e. The molecular weight excluding hydrogens is 404 g/mol. The zero-order valence-electron chi connectivity index (χ0n) is 19.1. The number of hydrogen-bond donors (Lipinski definition) is 3. The van der Waals surface area contributed by atoms with Gasteiger partial charge in [-0.25, -0.2) is 9.28 Å². The van der Waals surface area contributed by atoms with E-state index in [1.807, 2.05) is 45.0 Å². The van der Waals surface area contributed by atoms with Gasteiger partial charge in [-0.3, -0.25) is 10.2 Å². The van der Waals surface area contributed by atoms with Crippen LogP contribution in [-0.4, -0.2) is 45.0 Å². The van der Waals surface area contributed by atoms with Crippen LogP contribution in [0.1, 0.15) is 35.6 Å². The molecular formula is C25H31N4O3+. The molecule has 0 aliphatic heterocycles. The highest BCUT2D eigenvalue weighted by molar-refractivity contribution is 5.95. The molecule has 7 nitrogen and oxygen atoms in total. The molecule has 0 fully saturated rings. The summed E-state index contributed by atoms with van der Waals surface area (Å²) in [7, 11) is 1.35. The molecule has 0 spiro atoms. The fraction of sp³-hybridized carbons (Fsp3) is 0.320. The lowest BCUT2D eigenvalue weighted by molar-refractivity contribution is -0.141. The molecule has 2 rings (SSSR count). The first-order chi connectivity index (χ1) is 15.3. The van der Waals surface area contributed by atoms with Crippen LogP contribution in [0.5, 0.6) is 0 Å². The molecule has 2 aromatic rings. The fourth-order valence-electron chi connectivity index (χ4n) is 3.49. The normalized spacial score (nSPS) is 12.1. The standard InChI is InChI=1S/C25H31N4O3/c1-5-29(17-30,14-12-24(31)32-4)23-16-18(2)21(15-19(23)3)7-6-13-28-22-10-8-20(9-11-22)25(26)27/h8-11,15-17,28H,5,12-14H2,1-4H3,(H3,26,27)/q+1. The first-order valence-electron chi connectivity index (χ1n) is 10.4. The van der Waals surface area contributed by atoms with Crippen molar-refractivity contribution in [3.05, 3.63) is 58.7 Å². The number of nitrogens with one attached hydrogen (secondary N) is 2. The van der Waals surface area contributed by atoms with Crippen molar-refractivity contribution in [2.24, 2.45) is 5.73 Å². The second-order valence-electron chi connectivity index (χ2n) is 7.61. The van der Waals surface area contributed by atoms with Crippen molar-refractivity contribution in [1.82, 2.24) is 4.48 Å². The molecule has 0 aliphatic carbocycles. The second-order valence-corrected chi connectivity index (χ2v) is 7.61. The number of ether oxygens (including phenoxy) is 1. The number of carbonyl (C=O) groups is 2. The molecule has 0 radical (unpaired) electrons. The van der Waals surface area contributed by atoms with E-state index in [1.165, 1.54) is 7.11 Å². The summed E-state index contributed by atoms with van der Waals surface area (Å²) in [6, 6.07) is 11.3. The number of anilines is 1. The van der Waals surface area contributed by atoms with Gasteiger partial charge >= 0.3 is 12.4 Å². The Morgan fingerprint density at radius 1 is 1.22 bits per heavy atom. The van der Waals surface area contributed by atoms with Gasteiger partial charge in [-0.2, -0.15) is 0 Å². The lowest BCUT2D eigenvalue weighted by Crippen LogP contribution is -2.49. The van der Waals surface area contributed by atoms with E-state index in [2.05, 4.69) is 17.2 Å². The average molecular weight is 436 g/mol. The molecule has 4 N–H and O–H groups in total. The van der Waals surface area contributed by atoms with E-state index in [9.17, 15) is 9.59 Å². The Morgan fingerprint density at radius 3 is 2.47 bits per heavy atom. The number of benzene rings is 2. The number of nitrogens with zero attached hydrogens (tertiary/aromatic N) is 1. The predicted molar refractivity (Wildman–Crippen MR) is 129 cm³/mol. The van der Waals surface area contributed by atoms with E-state index in [-0.39, 0.29) is 22.7 Å². The number of nitrogen functional groups attached to an aromatic ring is 1. The summed E-state index contributed by atoms with van der Waals surface area (Å²) < 4.78 is 4.81. The fourth-order valence-corrected chi connectivity index (χ4v) is 3.49. The summed E-state index contributed by atoms with van der Waals surface area (Å²) in [5, 5.41) is 10.7. The van der Waals surface area contributed by atoms with Crippen molar-refractivity contribution in [2.75, 3.05) is 32.1 Å². The number of esters is 1. The van der Waals surface area contributed by atoms with Crippen molar-refractivity contribution in [1.29, 1.82) is 5.41 Å². The van der Waals surface area contributed by atoms with Gasteiger partial charge in [0, 0.05) is 28.4 Å². The van der Waals surface area contributed by atoms with Crippen LogP contribution in [0.25, 0.3) is 0 Å². The smallest absolute Gasteiger partial charge is 0.311 e. The first kappa shape index (κ1) is 24.6. The highest BCUT2D eigenvalue weighted by atomic mass is 16.5. The van der Waals surface area contributed by atoms with Crippen molar-refractivity contribution in [3.63, 3.8) is 0 Å². The first-order valence-corrected chi connectivity index (χ1v) is 10.4. The molecule has 0 aromatic heterocycles. The SMILES string of the molecule is CC[N+](C=O)(CCC(=O)OC)c1cc(C)c(C#CCNc2ccc(C(=N)N)cc2)cc1C. The maximum Gasteiger partial charge on any atom is 0.311 e. The van der Waals surface area contributed by atoms with Gasteiger partial charge in [0.1, 0.15) is 18.1 Å². The second kappa shape index (κ2) is 11.1. The molecule has 0 saturated carbocycles. The Morgan fingerprint density at radius 2 is 1.91 bits per heavy atom. The van der Waals surface area contributed by atoms with Crippen LogP contribution in [0.4, 0.5) is 11.4 Å². The summed E-state index contributed by atoms with van der Waals surface area (Å²) >= 11 is 0. The zero-order chi connectivity index (χ0) is 23.7. The molecule has 0 saturated heterocycles. The third-order valence-electron chi connectivity index (χ3n) is 5.53. The number of rotatable bonds is 9. The van der Waals surface area contributed by atoms with E-state index in [0.29, 0.717) is 25.2 Å². The summed E-state index contributed by atoms with van der Waals surface area (Å²) in [6.45, 7) is 7.21. The van der Waals surface area contributed by atoms with E-state index in [0.717, 1.165) is 34.5 Å². The van der Waals surface area contributed by atoms with Crippen LogP contribution in [0.3, 0.4) is 0 Å². The Hall–Kier alpha value is -3.63. The van der Waals surface area contributed by atoms with Gasteiger partial charge in [-0.1, -0.05) is 11.8 Å². The number of aryl methyl sites for hydroxylation is 2. The predicted octanol–water partition coefficient (Wildman–Crippen LogP) is 3.10. The lowest BCUT2D eigenvalue weighted by atomic mass is 10.0. The molecule has 1 atom stereocenters. The van der Waals surface area contributed by atoms with Crippen LogP contribution in [-0.2, 0) is 14.3 Å². The van der Waals surface area contributed by atoms with Crippen molar-refractivity contribution < 1.29 is 14.3 Å². The van der Waals surface area contributed by atoms with Crippen LogP contribution < -0.4 is 15.5 Å². The minimum absolute atomic E-state index is 0.0382. The van der Waals surface area contributed by atoms with E-state index in [1.54, 1.807) is 12.1 Å². The molecule has 1 amide bonds. The minimum Gasteiger partial charge on any atom is -0.469 e. The average Bonchev–Trinajstić information content (AvgIpc) is 2.80. The van der Waals surface area contributed by atoms with Gasteiger partial charge in [0.25, 0.3) is 0 Å². The molecule has 2 aromatic carbocycles. The number of carbonyl (C=O) groups excluding carboxylic acids is 2. The summed E-state index contributed by atoms with van der Waals surface area (Å²) in [4.78, 5) is 23.7. The molecule has 0 bridgehead atoms. The highest BCUT2D eigenvalue weighted by Gasteiger charge is 2.31. The molecule has 32 heavy (non-hydrogen) atoms. The maximum absolute atomic E-state index is 12.1. The Balaban J connectivity index is 2.17. The Labute approximate surface area is 189 Å². The number of nitrogens with two attached hydrogens (primary N) is 1. The van der Waals surface area contributed by atoms with Gasteiger partial charge in [0.2, 0.25) is 0 Å². The van der Waals surface area contributed by atoms with Gasteiger partial charge in [0.05, 0.1) is 26.6 Å². The number of quaternary nitrogens is 1. The molecule has 0 aliphatic rings. The van der Waals surface area contributed by atoms with E-state index in [4.69, 9.17) is 15.9 Å². The summed E-state index contributed by atoms with van der Waals surface area (Å²) in [5.74, 6) is 6.02. The van der Waals surface area contributed by atoms with Crippen LogP contribution in [0.15, 0.2) is 36.4 Å². The molecule has 1 unspecified atom stereocenters. The van der Waals surface area contributed by atoms with Crippen LogP contribution in [0.2, 0.25) is 0 Å². The third kappa shape index (κ3) is 5.96. The third-order valence-corrected chi connectivity index (χ3v) is 5.53. The zero-order valence-corrected chi connectivity index (χ0v) is 19.1. The van der Waals surface area contributed by atoms with E-state index >= 15 is 0 Å². The molecule has 7 heteroatoms. The van der Waals surface area contributed by atoms with Gasteiger partial charge in [-0.05, 0) is 56.7 Å². The quantitative estimate of drug-likeness (QED) is 0.140. The van der Waals surface area contributed by atoms with Crippen molar-refractivity contribution >= 4 is 29.6 Å². The highest BCUT2D eigenvalue weighted by Crippen LogP contribution is 2.29. The Bertz CT molecular complexity index is 1050. The topological polar surface area (TPSA) is 105 Å². The van der Waals surface area contributed by atoms with Gasteiger partial charge in [-0.15, -0.1) is 0 Å². The van der Waals surface area contributed by atoms with Crippen molar-refractivity contribution in [3.8, 4) is 11.8 Å². The van der Waals surface area contributed by atoms with Crippen LogP contribution >= 0.6 is 0 Å². The monoisotopic (exact) mass is 435 g/mol. The van der Waals surface area contributed by atoms with Crippen LogP contribution in [0, 0.1) is 31.1 Å². The number of amidine groups is 1. The minimum atomic E-state index is -0.330. The van der Waals surface area contributed by atoms with Crippen molar-refractivity contribution in [2.45, 2.75) is 27.2 Å². The summed E-state index contributed by atoms with van der Waals surface area (Å²) in [6.07, 6.45) is 1.07. The van der Waals surface area contributed by atoms with E-state index < -0.39 is 0 Å². The maximum atomic E-state index is 12.1. The molecule has 168 valence electrons. The number of methoxy groups -OCH3 is 1. The number of amides is 1. The number of hydrogen-bond acceptors (Lipinski definition) is 5. The molecule has 0 heterocycles. The lowest BCUT2D eigenvalue weighted by Gasteiger charge is -2.31. The van der Waals surface area contributed by atoms with Gasteiger partial charge in [0.15, 0.2) is 0 Å².